The summed E-state index contributed by atoms with van der Waals surface area (Å²) in [4.78, 5) is 0. The maximum Gasteiger partial charge on any atom is 0.152 e. The lowest BCUT2D eigenvalue weighted by Gasteiger charge is -2.35. The molecule has 2 aromatic rings. The molecule has 0 spiro atoms. The van der Waals surface area contributed by atoms with Crippen LogP contribution in [0.1, 0.15) is 23.3 Å². The van der Waals surface area contributed by atoms with E-state index in [-0.39, 0.29) is 0 Å². The van der Waals surface area contributed by atoms with Crippen LogP contribution >= 0.6 is 0 Å². The Morgan fingerprint density at radius 2 is 1.54 bits per heavy atom. The van der Waals surface area contributed by atoms with Gasteiger partial charge in [0, 0.05) is 12.1 Å². The van der Waals surface area contributed by atoms with Gasteiger partial charge in [-0.2, -0.15) is 0 Å². The van der Waals surface area contributed by atoms with Gasteiger partial charge >= 0.3 is 0 Å². The summed E-state index contributed by atoms with van der Waals surface area (Å²) >= 11 is 0. The van der Waals surface area contributed by atoms with Crippen molar-refractivity contribution in [3.8, 4) is 23.0 Å². The van der Waals surface area contributed by atoms with E-state index in [0.717, 1.165) is 5.56 Å². The Labute approximate surface area is 140 Å². The SMILES string of the molecule is COc1ccc([C@H]2Oc3cc(OC)cc(OC)c3[C@@H](O)[C@@H]2O)cc1. The Hall–Kier alpha value is -2.44. The minimum Gasteiger partial charge on any atom is -0.497 e. The Balaban J connectivity index is 2.02. The largest absolute Gasteiger partial charge is 0.497 e. The van der Waals surface area contributed by atoms with Crippen molar-refractivity contribution >= 4 is 0 Å². The van der Waals surface area contributed by atoms with Gasteiger partial charge in [0.1, 0.15) is 35.2 Å². The molecule has 0 radical (unpaired) electrons. The number of benzene rings is 2. The fourth-order valence-electron chi connectivity index (χ4n) is 2.85. The highest BCUT2D eigenvalue weighted by atomic mass is 16.5. The van der Waals surface area contributed by atoms with Gasteiger partial charge in [-0.25, -0.2) is 0 Å². The zero-order valence-corrected chi connectivity index (χ0v) is 13.7. The van der Waals surface area contributed by atoms with Gasteiger partial charge in [0.25, 0.3) is 0 Å². The highest BCUT2D eigenvalue weighted by Crippen LogP contribution is 2.47. The third kappa shape index (κ3) is 2.74. The molecule has 3 rings (SSSR count). The summed E-state index contributed by atoms with van der Waals surface area (Å²) in [5, 5.41) is 21.1. The number of hydrogen-bond donors (Lipinski definition) is 2. The number of rotatable bonds is 4. The summed E-state index contributed by atoms with van der Waals surface area (Å²) in [6.07, 6.45) is -2.98. The molecule has 0 saturated carbocycles. The Morgan fingerprint density at radius 1 is 0.875 bits per heavy atom. The van der Waals surface area contributed by atoms with Gasteiger partial charge in [-0.3, -0.25) is 0 Å². The zero-order chi connectivity index (χ0) is 17.3. The first-order chi connectivity index (χ1) is 11.6. The maximum atomic E-state index is 10.6. The first kappa shape index (κ1) is 16.4. The van der Waals surface area contributed by atoms with Crippen molar-refractivity contribution in [2.24, 2.45) is 0 Å². The van der Waals surface area contributed by atoms with Crippen LogP contribution in [0.2, 0.25) is 0 Å². The van der Waals surface area contributed by atoms with Crippen molar-refractivity contribution in [1.82, 2.24) is 0 Å². The molecule has 3 atom stereocenters. The summed E-state index contributed by atoms with van der Waals surface area (Å²) in [7, 11) is 4.61. The highest BCUT2D eigenvalue weighted by molar-refractivity contribution is 5.54. The molecule has 0 aromatic heterocycles. The first-order valence-electron chi connectivity index (χ1n) is 7.51. The molecular weight excluding hydrogens is 312 g/mol. The molecule has 2 N–H and O–H groups in total. The molecule has 0 unspecified atom stereocenters. The lowest BCUT2D eigenvalue weighted by Crippen LogP contribution is -2.34. The molecule has 0 fully saturated rings. The molecule has 24 heavy (non-hydrogen) atoms. The number of methoxy groups -OCH3 is 3. The Morgan fingerprint density at radius 3 is 2.12 bits per heavy atom. The second kappa shape index (κ2) is 6.59. The predicted octanol–water partition coefficient (Wildman–Crippen LogP) is 2.24. The molecule has 0 amide bonds. The standard InChI is InChI=1S/C18H20O6/c1-21-11-6-4-10(5-7-11)18-17(20)16(19)15-13(23-3)8-12(22-2)9-14(15)24-18/h4-9,16-20H,1-3H3/t16-,17+,18-/m1/s1. The Kier molecular flexibility index (Phi) is 4.51. The molecule has 0 saturated heterocycles. The van der Waals surface area contributed by atoms with Gasteiger partial charge in [0.2, 0.25) is 0 Å². The van der Waals surface area contributed by atoms with Gasteiger partial charge in [-0.05, 0) is 17.7 Å². The second-order valence-electron chi connectivity index (χ2n) is 5.49. The van der Waals surface area contributed by atoms with Crippen LogP contribution in [0.15, 0.2) is 36.4 Å². The number of aliphatic hydroxyl groups excluding tert-OH is 2. The van der Waals surface area contributed by atoms with Crippen molar-refractivity contribution in [1.29, 1.82) is 0 Å². The van der Waals surface area contributed by atoms with Gasteiger partial charge < -0.3 is 29.2 Å². The van der Waals surface area contributed by atoms with Crippen molar-refractivity contribution in [3.63, 3.8) is 0 Å². The summed E-state index contributed by atoms with van der Waals surface area (Å²) in [5.74, 6) is 2.07. The van der Waals surface area contributed by atoms with Crippen molar-refractivity contribution in [3.05, 3.63) is 47.5 Å². The zero-order valence-electron chi connectivity index (χ0n) is 13.7. The van der Waals surface area contributed by atoms with Crippen LogP contribution in [-0.4, -0.2) is 37.6 Å². The molecule has 1 aliphatic heterocycles. The maximum absolute atomic E-state index is 10.6. The first-order valence-corrected chi connectivity index (χ1v) is 7.51. The summed E-state index contributed by atoms with van der Waals surface area (Å²) in [5.41, 5.74) is 1.14. The third-order valence-electron chi connectivity index (χ3n) is 4.16. The van der Waals surface area contributed by atoms with Gasteiger partial charge in [-0.1, -0.05) is 12.1 Å². The van der Waals surface area contributed by atoms with E-state index in [2.05, 4.69) is 0 Å². The van der Waals surface area contributed by atoms with Gasteiger partial charge in [0.05, 0.1) is 26.9 Å². The molecule has 1 heterocycles. The quantitative estimate of drug-likeness (QED) is 0.894. The molecule has 6 nitrogen and oxygen atoms in total. The average molecular weight is 332 g/mol. The predicted molar refractivity (Wildman–Crippen MR) is 86.9 cm³/mol. The van der Waals surface area contributed by atoms with Crippen LogP contribution in [-0.2, 0) is 0 Å². The fourth-order valence-corrected chi connectivity index (χ4v) is 2.85. The lowest BCUT2D eigenvalue weighted by molar-refractivity contribution is -0.0710. The lowest BCUT2D eigenvalue weighted by atomic mass is 9.91. The van der Waals surface area contributed by atoms with Crippen molar-refractivity contribution in [2.75, 3.05) is 21.3 Å². The summed E-state index contributed by atoms with van der Waals surface area (Å²) < 4.78 is 21.6. The van der Waals surface area contributed by atoms with Gasteiger partial charge in [-0.15, -0.1) is 0 Å². The van der Waals surface area contributed by atoms with E-state index < -0.39 is 18.3 Å². The number of ether oxygens (including phenoxy) is 4. The minimum absolute atomic E-state index is 0.407. The van der Waals surface area contributed by atoms with Gasteiger partial charge in [0.15, 0.2) is 6.10 Å². The topological polar surface area (TPSA) is 77.4 Å². The monoisotopic (exact) mass is 332 g/mol. The van der Waals surface area contributed by atoms with Crippen LogP contribution < -0.4 is 18.9 Å². The number of fused-ring (bicyclic) bond motifs is 1. The molecule has 0 bridgehead atoms. The number of aliphatic hydroxyl groups is 2. The third-order valence-corrected chi connectivity index (χ3v) is 4.16. The fraction of sp³-hybridized carbons (Fsp3) is 0.333. The Bertz CT molecular complexity index is 712. The molecule has 128 valence electrons. The van der Waals surface area contributed by atoms with E-state index in [1.807, 2.05) is 0 Å². The second-order valence-corrected chi connectivity index (χ2v) is 5.49. The van der Waals surface area contributed by atoms with E-state index in [9.17, 15) is 10.2 Å². The van der Waals surface area contributed by atoms with Crippen molar-refractivity contribution in [2.45, 2.75) is 18.3 Å². The normalized spacial score (nSPS) is 22.3. The van der Waals surface area contributed by atoms with E-state index in [1.54, 1.807) is 43.5 Å². The van der Waals surface area contributed by atoms with E-state index in [0.29, 0.717) is 28.6 Å². The van der Waals surface area contributed by atoms with Crippen LogP contribution in [0.3, 0.4) is 0 Å². The van der Waals surface area contributed by atoms with E-state index in [1.165, 1.54) is 14.2 Å². The molecular formula is C18H20O6. The average Bonchev–Trinajstić information content (AvgIpc) is 2.63. The molecule has 0 aliphatic carbocycles. The highest BCUT2D eigenvalue weighted by Gasteiger charge is 2.39. The van der Waals surface area contributed by atoms with E-state index >= 15 is 0 Å². The van der Waals surface area contributed by atoms with Crippen LogP contribution in [0.25, 0.3) is 0 Å². The summed E-state index contributed by atoms with van der Waals surface area (Å²) in [6, 6.07) is 10.5. The van der Waals surface area contributed by atoms with Crippen LogP contribution in [0, 0.1) is 0 Å². The molecule has 2 aromatic carbocycles. The van der Waals surface area contributed by atoms with Crippen LogP contribution in [0.4, 0.5) is 0 Å². The smallest absolute Gasteiger partial charge is 0.152 e. The number of hydrogen-bond acceptors (Lipinski definition) is 6. The summed E-state index contributed by atoms with van der Waals surface area (Å²) in [6.45, 7) is 0. The minimum atomic E-state index is -1.14. The van der Waals surface area contributed by atoms with Crippen LogP contribution in [0.5, 0.6) is 23.0 Å². The molecule has 1 aliphatic rings. The van der Waals surface area contributed by atoms with E-state index in [4.69, 9.17) is 18.9 Å². The van der Waals surface area contributed by atoms with Crippen molar-refractivity contribution < 1.29 is 29.2 Å². The molecule has 6 heteroatoms.